The molecule has 1 aromatic heterocycles. The number of nitrogens with one attached hydrogen (secondary N) is 2. The molecule has 1 atom stereocenters. The van der Waals surface area contributed by atoms with Gasteiger partial charge in [0.05, 0.1) is 5.56 Å². The number of rotatable bonds is 6. The third-order valence-corrected chi connectivity index (χ3v) is 4.86. The highest BCUT2D eigenvalue weighted by molar-refractivity contribution is 7.10. The second-order valence-corrected chi connectivity index (χ2v) is 8.31. The molecule has 126 valence electrons. The van der Waals surface area contributed by atoms with Gasteiger partial charge in [0.1, 0.15) is 11.7 Å². The third kappa shape index (κ3) is 5.52. The summed E-state index contributed by atoms with van der Waals surface area (Å²) < 4.78 is 5.30. The van der Waals surface area contributed by atoms with Crippen molar-refractivity contribution in [3.8, 4) is 6.07 Å². The Morgan fingerprint density at radius 3 is 2.65 bits per heavy atom. The lowest BCUT2D eigenvalue weighted by Gasteiger charge is -2.32. The van der Waals surface area contributed by atoms with E-state index in [9.17, 15) is 4.79 Å². The minimum Gasteiger partial charge on any atom is -0.444 e. The Kier molecular flexibility index (Phi) is 5.33. The topological polar surface area (TPSA) is 74.2 Å². The molecule has 0 bridgehead atoms. The van der Waals surface area contributed by atoms with Crippen molar-refractivity contribution >= 4 is 17.4 Å². The Morgan fingerprint density at radius 1 is 1.43 bits per heavy atom. The number of nitrogens with zero attached hydrogens (tertiary/aromatic N) is 1. The summed E-state index contributed by atoms with van der Waals surface area (Å²) in [5.74, 6) is 0.563. The molecule has 1 aromatic rings. The first-order valence-corrected chi connectivity index (χ1v) is 8.79. The molecule has 2 N–H and O–H groups in total. The van der Waals surface area contributed by atoms with Crippen molar-refractivity contribution in [3.05, 3.63) is 21.9 Å². The van der Waals surface area contributed by atoms with Crippen molar-refractivity contribution in [1.29, 1.82) is 5.26 Å². The molecule has 0 aliphatic heterocycles. The van der Waals surface area contributed by atoms with Gasteiger partial charge in [0.2, 0.25) is 0 Å². The molecule has 1 unspecified atom stereocenters. The number of carbonyl (C=O) groups is 1. The Balaban J connectivity index is 1.88. The fourth-order valence-electron chi connectivity index (χ4n) is 2.46. The standard InChI is InChI=1S/C17H25N3O2S/c1-16(2,3)22-15(21)19-11-17(4,13-5-6-13)20-9-14-7-12(8-18)10-23-14/h7,10,13,20H,5-6,9,11H2,1-4H3,(H,19,21). The molecular weight excluding hydrogens is 310 g/mol. The summed E-state index contributed by atoms with van der Waals surface area (Å²) in [4.78, 5) is 13.0. The van der Waals surface area contributed by atoms with Gasteiger partial charge in [-0.1, -0.05) is 0 Å². The molecule has 6 heteroatoms. The van der Waals surface area contributed by atoms with Crippen LogP contribution in [0.2, 0.25) is 0 Å². The van der Waals surface area contributed by atoms with Crippen molar-refractivity contribution in [3.63, 3.8) is 0 Å². The van der Waals surface area contributed by atoms with Crippen LogP contribution in [-0.4, -0.2) is 23.8 Å². The average molecular weight is 335 g/mol. The molecule has 2 rings (SSSR count). The summed E-state index contributed by atoms with van der Waals surface area (Å²) >= 11 is 1.58. The summed E-state index contributed by atoms with van der Waals surface area (Å²) in [5, 5.41) is 17.2. The highest BCUT2D eigenvalue weighted by Crippen LogP contribution is 2.39. The van der Waals surface area contributed by atoms with E-state index >= 15 is 0 Å². The van der Waals surface area contributed by atoms with E-state index in [2.05, 4.69) is 23.6 Å². The molecule has 1 heterocycles. The zero-order valence-corrected chi connectivity index (χ0v) is 15.0. The van der Waals surface area contributed by atoms with Crippen LogP contribution in [0.1, 0.15) is 51.0 Å². The summed E-state index contributed by atoms with van der Waals surface area (Å²) in [6.45, 7) is 8.94. The second-order valence-electron chi connectivity index (χ2n) is 7.31. The van der Waals surface area contributed by atoms with Gasteiger partial charge in [-0.25, -0.2) is 4.79 Å². The van der Waals surface area contributed by atoms with Gasteiger partial charge in [0, 0.05) is 28.9 Å². The fraction of sp³-hybridized carbons (Fsp3) is 0.647. The summed E-state index contributed by atoms with van der Waals surface area (Å²) in [6, 6.07) is 4.06. The number of alkyl carbamates (subject to hydrolysis) is 1. The van der Waals surface area contributed by atoms with E-state index in [0.717, 1.165) is 4.88 Å². The van der Waals surface area contributed by atoms with Crippen molar-refractivity contribution in [2.24, 2.45) is 5.92 Å². The largest absolute Gasteiger partial charge is 0.444 e. The van der Waals surface area contributed by atoms with Crippen LogP contribution >= 0.6 is 11.3 Å². The molecule has 0 saturated heterocycles. The minimum absolute atomic E-state index is 0.159. The molecule has 5 nitrogen and oxygen atoms in total. The van der Waals surface area contributed by atoms with E-state index in [1.54, 1.807) is 11.3 Å². The predicted octanol–water partition coefficient (Wildman–Crippen LogP) is 3.40. The van der Waals surface area contributed by atoms with Gasteiger partial charge < -0.3 is 15.4 Å². The van der Waals surface area contributed by atoms with Crippen LogP contribution < -0.4 is 10.6 Å². The van der Waals surface area contributed by atoms with E-state index in [-0.39, 0.29) is 11.6 Å². The van der Waals surface area contributed by atoms with Gasteiger partial charge in [-0.2, -0.15) is 5.26 Å². The highest BCUT2D eigenvalue weighted by atomic mass is 32.1. The van der Waals surface area contributed by atoms with E-state index < -0.39 is 5.60 Å². The minimum atomic E-state index is -0.488. The van der Waals surface area contributed by atoms with Gasteiger partial charge in [0.15, 0.2) is 0 Å². The van der Waals surface area contributed by atoms with Gasteiger partial charge in [0.25, 0.3) is 0 Å². The van der Waals surface area contributed by atoms with E-state index in [1.807, 2.05) is 32.2 Å². The van der Waals surface area contributed by atoms with Crippen LogP contribution in [0.4, 0.5) is 4.79 Å². The summed E-state index contributed by atoms with van der Waals surface area (Å²) in [7, 11) is 0. The van der Waals surface area contributed by atoms with Crippen molar-refractivity contribution in [1.82, 2.24) is 10.6 Å². The Bertz CT molecular complexity index is 596. The maximum Gasteiger partial charge on any atom is 0.407 e. The van der Waals surface area contributed by atoms with Gasteiger partial charge in [-0.3, -0.25) is 0 Å². The number of thiophene rings is 1. The van der Waals surface area contributed by atoms with Gasteiger partial charge >= 0.3 is 6.09 Å². The average Bonchev–Trinajstić information content (AvgIpc) is 3.21. The van der Waals surface area contributed by atoms with Crippen LogP contribution in [0, 0.1) is 17.2 Å². The molecular formula is C17H25N3O2S. The number of ether oxygens (including phenoxy) is 1. The van der Waals surface area contributed by atoms with E-state index in [4.69, 9.17) is 10.00 Å². The Labute approximate surface area is 142 Å². The number of carbonyl (C=O) groups excluding carboxylic acids is 1. The summed E-state index contributed by atoms with van der Waals surface area (Å²) in [5.41, 5.74) is 0.0538. The molecule has 23 heavy (non-hydrogen) atoms. The number of hydrogen-bond acceptors (Lipinski definition) is 5. The van der Waals surface area contributed by atoms with Gasteiger partial charge in [-0.05, 0) is 52.5 Å². The molecule has 1 aliphatic rings. The molecule has 1 amide bonds. The van der Waals surface area contributed by atoms with Crippen molar-refractivity contribution in [2.45, 2.75) is 58.2 Å². The van der Waals surface area contributed by atoms with E-state index in [0.29, 0.717) is 24.6 Å². The normalized spacial score (nSPS) is 17.2. The zero-order valence-electron chi connectivity index (χ0n) is 14.2. The summed E-state index contributed by atoms with van der Waals surface area (Å²) in [6.07, 6.45) is 1.97. The van der Waals surface area contributed by atoms with Crippen molar-refractivity contribution in [2.75, 3.05) is 6.54 Å². The maximum atomic E-state index is 11.9. The molecule has 1 aliphatic carbocycles. The van der Waals surface area contributed by atoms with Crippen LogP contribution in [0.25, 0.3) is 0 Å². The first-order chi connectivity index (χ1) is 10.7. The molecule has 0 aromatic carbocycles. The van der Waals surface area contributed by atoms with Crippen LogP contribution in [0.3, 0.4) is 0 Å². The fourth-order valence-corrected chi connectivity index (χ4v) is 3.21. The zero-order chi connectivity index (χ0) is 17.1. The Hall–Kier alpha value is -1.58. The van der Waals surface area contributed by atoms with Crippen LogP contribution in [-0.2, 0) is 11.3 Å². The lowest BCUT2D eigenvalue weighted by molar-refractivity contribution is 0.0507. The first-order valence-electron chi connectivity index (χ1n) is 7.91. The maximum absolute atomic E-state index is 11.9. The molecule has 0 spiro atoms. The third-order valence-electron chi connectivity index (χ3n) is 3.93. The molecule has 1 fully saturated rings. The number of amides is 1. The lowest BCUT2D eigenvalue weighted by Crippen LogP contribution is -2.53. The first kappa shape index (κ1) is 17.8. The van der Waals surface area contributed by atoms with Crippen LogP contribution in [0.15, 0.2) is 11.4 Å². The smallest absolute Gasteiger partial charge is 0.407 e. The quantitative estimate of drug-likeness (QED) is 0.835. The monoisotopic (exact) mass is 335 g/mol. The molecule has 1 saturated carbocycles. The Morgan fingerprint density at radius 2 is 2.13 bits per heavy atom. The number of nitriles is 1. The SMILES string of the molecule is CC(C)(C)OC(=O)NCC(C)(NCc1cc(C#N)cs1)C1CC1. The predicted molar refractivity (Wildman–Crippen MR) is 91.2 cm³/mol. The highest BCUT2D eigenvalue weighted by Gasteiger charge is 2.41. The number of hydrogen-bond donors (Lipinski definition) is 2. The second kappa shape index (κ2) is 6.90. The van der Waals surface area contributed by atoms with Gasteiger partial charge in [-0.15, -0.1) is 11.3 Å². The lowest BCUT2D eigenvalue weighted by atomic mass is 9.95. The van der Waals surface area contributed by atoms with Crippen molar-refractivity contribution < 1.29 is 9.53 Å². The van der Waals surface area contributed by atoms with E-state index in [1.165, 1.54) is 12.8 Å². The molecule has 0 radical (unpaired) electrons. The van der Waals surface area contributed by atoms with Crippen LogP contribution in [0.5, 0.6) is 0 Å².